The summed E-state index contributed by atoms with van der Waals surface area (Å²) >= 11 is 0. The fourth-order valence-corrected chi connectivity index (χ4v) is 2.82. The Balaban J connectivity index is 2.12. The number of anilines is 1. The Morgan fingerprint density at radius 2 is 2.18 bits per heavy atom. The van der Waals surface area contributed by atoms with Gasteiger partial charge in [0.2, 0.25) is 0 Å². The molecule has 0 radical (unpaired) electrons. The van der Waals surface area contributed by atoms with Crippen LogP contribution in [0.4, 0.5) is 5.69 Å². The van der Waals surface area contributed by atoms with E-state index in [0.29, 0.717) is 6.04 Å². The molecule has 1 aromatic carbocycles. The largest absolute Gasteiger partial charge is 0.369 e. The molecular formula is C15H24N2. The number of hydrogen-bond donors (Lipinski definition) is 1. The highest BCUT2D eigenvalue weighted by Gasteiger charge is 2.22. The summed E-state index contributed by atoms with van der Waals surface area (Å²) in [4.78, 5) is 2.48. The van der Waals surface area contributed by atoms with Crippen molar-refractivity contribution < 1.29 is 0 Å². The molecule has 2 rings (SSSR count). The highest BCUT2D eigenvalue weighted by Crippen LogP contribution is 2.29. The average molecular weight is 232 g/mol. The van der Waals surface area contributed by atoms with Crippen LogP contribution < -0.4 is 10.6 Å². The van der Waals surface area contributed by atoms with E-state index in [0.717, 1.165) is 25.4 Å². The number of rotatable bonds is 4. The van der Waals surface area contributed by atoms with Crippen LogP contribution in [0.3, 0.4) is 0 Å². The molecule has 2 unspecified atom stereocenters. The Bertz CT molecular complexity index is 362. The molecule has 1 heterocycles. The zero-order chi connectivity index (χ0) is 12.3. The highest BCUT2D eigenvalue weighted by molar-refractivity contribution is 5.55. The van der Waals surface area contributed by atoms with E-state index in [1.165, 1.54) is 24.1 Å². The third-order valence-corrected chi connectivity index (χ3v) is 3.55. The molecule has 0 saturated heterocycles. The molecule has 2 N–H and O–H groups in total. The minimum Gasteiger partial charge on any atom is -0.369 e. The van der Waals surface area contributed by atoms with Crippen molar-refractivity contribution in [2.24, 2.45) is 11.7 Å². The van der Waals surface area contributed by atoms with E-state index in [1.807, 2.05) is 0 Å². The molecule has 0 amide bonds. The average Bonchev–Trinajstić information content (AvgIpc) is 2.29. The van der Waals surface area contributed by atoms with E-state index in [4.69, 9.17) is 5.73 Å². The van der Waals surface area contributed by atoms with E-state index in [-0.39, 0.29) is 0 Å². The van der Waals surface area contributed by atoms with E-state index >= 15 is 0 Å². The molecule has 0 saturated carbocycles. The van der Waals surface area contributed by atoms with Gasteiger partial charge in [-0.15, -0.1) is 0 Å². The van der Waals surface area contributed by atoms with Gasteiger partial charge in [0.1, 0.15) is 0 Å². The van der Waals surface area contributed by atoms with Gasteiger partial charge in [-0.05, 0) is 30.4 Å². The summed E-state index contributed by atoms with van der Waals surface area (Å²) in [7, 11) is 0. The molecule has 2 heteroatoms. The summed E-state index contributed by atoms with van der Waals surface area (Å²) in [6, 6.07) is 9.07. The third kappa shape index (κ3) is 3.01. The van der Waals surface area contributed by atoms with Crippen LogP contribution in [0.25, 0.3) is 0 Å². The molecule has 1 aromatic rings. The van der Waals surface area contributed by atoms with E-state index < -0.39 is 0 Å². The first-order valence-corrected chi connectivity index (χ1v) is 6.79. The SMILES string of the molecule is CCCC(N)CN1CC(C)Cc2ccccc21. The van der Waals surface area contributed by atoms with E-state index in [1.54, 1.807) is 0 Å². The van der Waals surface area contributed by atoms with Crippen LogP contribution in [0.15, 0.2) is 24.3 Å². The minimum atomic E-state index is 0.304. The summed E-state index contributed by atoms with van der Waals surface area (Å²) in [5, 5.41) is 0. The lowest BCUT2D eigenvalue weighted by molar-refractivity contribution is 0.499. The summed E-state index contributed by atoms with van der Waals surface area (Å²) in [6.45, 7) is 6.67. The van der Waals surface area contributed by atoms with Gasteiger partial charge < -0.3 is 10.6 Å². The second-order valence-electron chi connectivity index (χ2n) is 5.39. The predicted octanol–water partition coefficient (Wildman–Crippen LogP) is 2.81. The maximum Gasteiger partial charge on any atom is 0.0399 e. The van der Waals surface area contributed by atoms with Crippen LogP contribution in [0, 0.1) is 5.92 Å². The molecular weight excluding hydrogens is 208 g/mol. The molecule has 1 aliphatic rings. The smallest absolute Gasteiger partial charge is 0.0399 e. The van der Waals surface area contributed by atoms with Gasteiger partial charge >= 0.3 is 0 Å². The monoisotopic (exact) mass is 232 g/mol. The molecule has 0 spiro atoms. The predicted molar refractivity (Wildman–Crippen MR) is 74.4 cm³/mol. The van der Waals surface area contributed by atoms with Gasteiger partial charge in [0.05, 0.1) is 0 Å². The Hall–Kier alpha value is -1.02. The number of fused-ring (bicyclic) bond motifs is 1. The van der Waals surface area contributed by atoms with E-state index in [2.05, 4.69) is 43.0 Å². The third-order valence-electron chi connectivity index (χ3n) is 3.55. The zero-order valence-electron chi connectivity index (χ0n) is 11.0. The van der Waals surface area contributed by atoms with Crippen molar-refractivity contribution >= 4 is 5.69 Å². The van der Waals surface area contributed by atoms with Crippen LogP contribution in [-0.2, 0) is 6.42 Å². The van der Waals surface area contributed by atoms with Crippen molar-refractivity contribution in [2.45, 2.75) is 39.2 Å². The Labute approximate surface area is 105 Å². The zero-order valence-corrected chi connectivity index (χ0v) is 11.0. The lowest BCUT2D eigenvalue weighted by atomic mass is 9.93. The molecule has 94 valence electrons. The van der Waals surface area contributed by atoms with Crippen molar-refractivity contribution in [3.8, 4) is 0 Å². The first-order valence-electron chi connectivity index (χ1n) is 6.79. The van der Waals surface area contributed by atoms with Crippen LogP contribution in [0.5, 0.6) is 0 Å². The van der Waals surface area contributed by atoms with Crippen molar-refractivity contribution in [2.75, 3.05) is 18.0 Å². The fraction of sp³-hybridized carbons (Fsp3) is 0.600. The number of para-hydroxylation sites is 1. The molecule has 17 heavy (non-hydrogen) atoms. The quantitative estimate of drug-likeness (QED) is 0.865. The van der Waals surface area contributed by atoms with Gasteiger partial charge in [-0.2, -0.15) is 0 Å². The van der Waals surface area contributed by atoms with Crippen molar-refractivity contribution in [3.05, 3.63) is 29.8 Å². The summed E-state index contributed by atoms with van der Waals surface area (Å²) in [6.07, 6.45) is 3.49. The van der Waals surface area contributed by atoms with Gasteiger partial charge in [0.15, 0.2) is 0 Å². The van der Waals surface area contributed by atoms with Gasteiger partial charge in [0.25, 0.3) is 0 Å². The number of benzene rings is 1. The summed E-state index contributed by atoms with van der Waals surface area (Å²) in [5.74, 6) is 0.735. The first kappa shape index (κ1) is 12.4. The maximum absolute atomic E-state index is 6.18. The number of nitrogens with two attached hydrogens (primary N) is 1. The van der Waals surface area contributed by atoms with Crippen molar-refractivity contribution in [3.63, 3.8) is 0 Å². The van der Waals surface area contributed by atoms with Gasteiger partial charge in [-0.3, -0.25) is 0 Å². The van der Waals surface area contributed by atoms with Crippen LogP contribution in [-0.4, -0.2) is 19.1 Å². The van der Waals surface area contributed by atoms with Crippen LogP contribution in [0.1, 0.15) is 32.3 Å². The first-order chi connectivity index (χ1) is 8.20. The second kappa shape index (κ2) is 5.54. The molecule has 1 aliphatic heterocycles. The van der Waals surface area contributed by atoms with Crippen LogP contribution >= 0.6 is 0 Å². The lowest BCUT2D eigenvalue weighted by Crippen LogP contribution is -2.42. The number of nitrogens with zero attached hydrogens (tertiary/aromatic N) is 1. The second-order valence-corrected chi connectivity index (χ2v) is 5.39. The fourth-order valence-electron chi connectivity index (χ4n) is 2.82. The minimum absolute atomic E-state index is 0.304. The van der Waals surface area contributed by atoms with Crippen molar-refractivity contribution in [1.29, 1.82) is 0 Å². The summed E-state index contributed by atoms with van der Waals surface area (Å²) in [5.41, 5.74) is 9.06. The van der Waals surface area contributed by atoms with Crippen molar-refractivity contribution in [1.82, 2.24) is 0 Å². The van der Waals surface area contributed by atoms with E-state index in [9.17, 15) is 0 Å². The topological polar surface area (TPSA) is 29.3 Å². The summed E-state index contributed by atoms with van der Waals surface area (Å²) < 4.78 is 0. The molecule has 2 nitrogen and oxygen atoms in total. The molecule has 0 aromatic heterocycles. The molecule has 2 atom stereocenters. The number of hydrogen-bond acceptors (Lipinski definition) is 2. The highest BCUT2D eigenvalue weighted by atomic mass is 15.2. The normalized spacial score (nSPS) is 21.1. The maximum atomic E-state index is 6.18. The molecule has 0 fully saturated rings. The lowest BCUT2D eigenvalue weighted by Gasteiger charge is -2.36. The Kier molecular flexibility index (Phi) is 4.06. The van der Waals surface area contributed by atoms with Gasteiger partial charge in [-0.25, -0.2) is 0 Å². The molecule has 0 bridgehead atoms. The standard InChI is InChI=1S/C15H24N2/c1-3-6-14(16)11-17-10-12(2)9-13-7-4-5-8-15(13)17/h4-5,7-8,12,14H,3,6,9-11,16H2,1-2H3. The Morgan fingerprint density at radius 1 is 1.41 bits per heavy atom. The Morgan fingerprint density at radius 3 is 2.94 bits per heavy atom. The van der Waals surface area contributed by atoms with Gasteiger partial charge in [-0.1, -0.05) is 38.5 Å². The van der Waals surface area contributed by atoms with Crippen LogP contribution in [0.2, 0.25) is 0 Å². The van der Waals surface area contributed by atoms with Gasteiger partial charge in [0, 0.05) is 24.8 Å². The molecule has 0 aliphatic carbocycles.